The van der Waals surface area contributed by atoms with Crippen LogP contribution in [0.3, 0.4) is 0 Å². The van der Waals surface area contributed by atoms with Gasteiger partial charge < -0.3 is 16.2 Å². The molecule has 1 atom stereocenters. The highest BCUT2D eigenvalue weighted by molar-refractivity contribution is 5.76. The summed E-state index contributed by atoms with van der Waals surface area (Å²) in [4.78, 5) is 11.1. The molecule has 70 valence electrons. The van der Waals surface area contributed by atoms with Crippen LogP contribution in [0.1, 0.15) is 26.2 Å². The normalized spacial score (nSPS) is 30.6. The molecule has 12 heavy (non-hydrogen) atoms. The second-order valence-electron chi connectivity index (χ2n) is 3.57. The number of carbonyl (C=O) groups excluding carboxylic acids is 1. The Balaban J connectivity index is 2.11. The number of carbonyl (C=O) groups is 1. The topological polar surface area (TPSA) is 75.4 Å². The quantitative estimate of drug-likeness (QED) is 0.530. The van der Waals surface area contributed by atoms with Gasteiger partial charge in [0.1, 0.15) is 0 Å². The van der Waals surface area contributed by atoms with E-state index in [9.17, 15) is 4.79 Å². The first kappa shape index (κ1) is 9.48. The van der Waals surface area contributed by atoms with Crippen LogP contribution in [0.25, 0.3) is 0 Å². The number of nitrogens with one attached hydrogen (secondary N) is 1. The summed E-state index contributed by atoms with van der Waals surface area (Å²) in [5, 5.41) is 11.7. The van der Waals surface area contributed by atoms with Crippen LogP contribution >= 0.6 is 0 Å². The molecular formula is C8H16N2O2. The van der Waals surface area contributed by atoms with Crippen molar-refractivity contribution in [2.45, 2.75) is 44.4 Å². The van der Waals surface area contributed by atoms with Crippen molar-refractivity contribution in [3.05, 3.63) is 0 Å². The van der Waals surface area contributed by atoms with Crippen molar-refractivity contribution >= 4 is 5.91 Å². The molecule has 1 unspecified atom stereocenters. The SMILES string of the molecule is CC(N)CC(=O)NC1CC(O)C1. The summed E-state index contributed by atoms with van der Waals surface area (Å²) in [5.74, 6) is -0.0121. The van der Waals surface area contributed by atoms with Crippen LogP contribution in [0.15, 0.2) is 0 Å². The van der Waals surface area contributed by atoms with Crippen LogP contribution < -0.4 is 11.1 Å². The maximum Gasteiger partial charge on any atom is 0.221 e. The van der Waals surface area contributed by atoms with E-state index in [1.165, 1.54) is 0 Å². The van der Waals surface area contributed by atoms with Gasteiger partial charge in [-0.1, -0.05) is 0 Å². The molecule has 0 saturated heterocycles. The molecule has 4 heteroatoms. The average Bonchev–Trinajstić information content (AvgIpc) is 1.82. The van der Waals surface area contributed by atoms with Gasteiger partial charge in [0.15, 0.2) is 0 Å². The van der Waals surface area contributed by atoms with Crippen LogP contribution in [0.4, 0.5) is 0 Å². The molecule has 0 aromatic carbocycles. The predicted octanol–water partition coefficient (Wildman–Crippen LogP) is -0.637. The molecule has 0 spiro atoms. The Morgan fingerprint density at radius 1 is 1.75 bits per heavy atom. The van der Waals surface area contributed by atoms with Crippen molar-refractivity contribution in [1.82, 2.24) is 5.32 Å². The van der Waals surface area contributed by atoms with Gasteiger partial charge in [-0.2, -0.15) is 0 Å². The van der Waals surface area contributed by atoms with Crippen LogP contribution in [0.5, 0.6) is 0 Å². The first-order valence-corrected chi connectivity index (χ1v) is 4.31. The number of rotatable bonds is 3. The van der Waals surface area contributed by atoms with E-state index >= 15 is 0 Å². The summed E-state index contributed by atoms with van der Waals surface area (Å²) in [7, 11) is 0. The Bertz CT molecular complexity index is 164. The maximum atomic E-state index is 11.1. The highest BCUT2D eigenvalue weighted by Gasteiger charge is 2.28. The van der Waals surface area contributed by atoms with Crippen molar-refractivity contribution in [3.8, 4) is 0 Å². The molecule has 0 aliphatic heterocycles. The van der Waals surface area contributed by atoms with E-state index in [-0.39, 0.29) is 24.1 Å². The number of aliphatic hydroxyl groups is 1. The largest absolute Gasteiger partial charge is 0.393 e. The van der Waals surface area contributed by atoms with Gasteiger partial charge in [-0.25, -0.2) is 0 Å². The lowest BCUT2D eigenvalue weighted by Gasteiger charge is -2.32. The highest BCUT2D eigenvalue weighted by atomic mass is 16.3. The molecule has 1 aliphatic carbocycles. The Kier molecular flexibility index (Phi) is 3.05. The lowest BCUT2D eigenvalue weighted by Crippen LogP contribution is -2.47. The molecule has 0 aromatic heterocycles. The third-order valence-corrected chi connectivity index (χ3v) is 1.99. The Labute approximate surface area is 72.1 Å². The lowest BCUT2D eigenvalue weighted by molar-refractivity contribution is -0.123. The monoisotopic (exact) mass is 172 g/mol. The zero-order valence-electron chi connectivity index (χ0n) is 7.29. The Morgan fingerprint density at radius 2 is 2.33 bits per heavy atom. The molecule has 0 aromatic rings. The summed E-state index contributed by atoms with van der Waals surface area (Å²) < 4.78 is 0. The van der Waals surface area contributed by atoms with Crippen LogP contribution in [-0.4, -0.2) is 29.2 Å². The number of hydrogen-bond acceptors (Lipinski definition) is 3. The predicted molar refractivity (Wildman–Crippen MR) is 45.4 cm³/mol. The second-order valence-corrected chi connectivity index (χ2v) is 3.57. The van der Waals surface area contributed by atoms with E-state index in [0.717, 1.165) is 0 Å². The molecular weight excluding hydrogens is 156 g/mol. The summed E-state index contributed by atoms with van der Waals surface area (Å²) in [5.41, 5.74) is 5.45. The van der Waals surface area contributed by atoms with Crippen molar-refractivity contribution in [1.29, 1.82) is 0 Å². The van der Waals surface area contributed by atoms with E-state index in [1.54, 1.807) is 6.92 Å². The van der Waals surface area contributed by atoms with E-state index in [4.69, 9.17) is 10.8 Å². The van der Waals surface area contributed by atoms with Crippen LogP contribution in [0.2, 0.25) is 0 Å². The third-order valence-electron chi connectivity index (χ3n) is 1.99. The van der Waals surface area contributed by atoms with E-state index in [0.29, 0.717) is 19.3 Å². The maximum absolute atomic E-state index is 11.1. The minimum absolute atomic E-state index is 0.0121. The molecule has 0 heterocycles. The van der Waals surface area contributed by atoms with Crippen molar-refractivity contribution in [3.63, 3.8) is 0 Å². The molecule has 0 bridgehead atoms. The average molecular weight is 172 g/mol. The number of aliphatic hydroxyl groups excluding tert-OH is 1. The van der Waals surface area contributed by atoms with Crippen molar-refractivity contribution in [2.24, 2.45) is 5.73 Å². The summed E-state index contributed by atoms with van der Waals surface area (Å²) in [6, 6.07) is 0.0845. The first-order valence-electron chi connectivity index (χ1n) is 4.31. The van der Waals surface area contributed by atoms with E-state index < -0.39 is 0 Å². The minimum atomic E-state index is -0.217. The van der Waals surface area contributed by atoms with E-state index in [2.05, 4.69) is 5.32 Å². The molecule has 1 saturated carbocycles. The summed E-state index contributed by atoms with van der Waals surface area (Å²) in [6.45, 7) is 1.80. The van der Waals surface area contributed by atoms with Gasteiger partial charge in [-0.15, -0.1) is 0 Å². The van der Waals surface area contributed by atoms with Gasteiger partial charge in [0.05, 0.1) is 6.10 Å². The van der Waals surface area contributed by atoms with Gasteiger partial charge in [0.25, 0.3) is 0 Å². The third kappa shape index (κ3) is 2.79. The lowest BCUT2D eigenvalue weighted by atomic mass is 9.89. The fourth-order valence-corrected chi connectivity index (χ4v) is 1.28. The number of nitrogens with two attached hydrogens (primary N) is 1. The summed E-state index contributed by atoms with van der Waals surface area (Å²) >= 11 is 0. The second kappa shape index (κ2) is 3.87. The van der Waals surface area contributed by atoms with Gasteiger partial charge in [-0.3, -0.25) is 4.79 Å². The number of hydrogen-bond donors (Lipinski definition) is 3. The molecule has 1 aliphatic rings. The standard InChI is InChI=1S/C8H16N2O2/c1-5(9)2-8(12)10-6-3-7(11)4-6/h5-7,11H,2-4,9H2,1H3,(H,10,12). The molecule has 4 nitrogen and oxygen atoms in total. The smallest absolute Gasteiger partial charge is 0.221 e. The molecule has 1 amide bonds. The summed E-state index contributed by atoms with van der Waals surface area (Å²) in [6.07, 6.45) is 1.52. The zero-order valence-corrected chi connectivity index (χ0v) is 7.29. The fourth-order valence-electron chi connectivity index (χ4n) is 1.28. The minimum Gasteiger partial charge on any atom is -0.393 e. The molecule has 1 fully saturated rings. The molecule has 1 rings (SSSR count). The zero-order chi connectivity index (χ0) is 9.14. The van der Waals surface area contributed by atoms with Crippen molar-refractivity contribution < 1.29 is 9.90 Å². The molecule has 4 N–H and O–H groups in total. The molecule has 0 radical (unpaired) electrons. The van der Waals surface area contributed by atoms with Gasteiger partial charge in [-0.05, 0) is 19.8 Å². The Morgan fingerprint density at radius 3 is 2.75 bits per heavy atom. The van der Waals surface area contributed by atoms with Crippen LogP contribution in [0, 0.1) is 0 Å². The van der Waals surface area contributed by atoms with Crippen LogP contribution in [-0.2, 0) is 4.79 Å². The van der Waals surface area contributed by atoms with Gasteiger partial charge in [0, 0.05) is 18.5 Å². The van der Waals surface area contributed by atoms with Crippen molar-refractivity contribution in [2.75, 3.05) is 0 Å². The number of amides is 1. The first-order chi connectivity index (χ1) is 5.58. The fraction of sp³-hybridized carbons (Fsp3) is 0.875. The van der Waals surface area contributed by atoms with Gasteiger partial charge >= 0.3 is 0 Å². The van der Waals surface area contributed by atoms with E-state index in [1.807, 2.05) is 0 Å². The highest BCUT2D eigenvalue weighted by Crippen LogP contribution is 2.19. The van der Waals surface area contributed by atoms with Gasteiger partial charge in [0.2, 0.25) is 5.91 Å². The Hall–Kier alpha value is -0.610.